The van der Waals surface area contributed by atoms with Gasteiger partial charge in [0, 0.05) is 28.8 Å². The van der Waals surface area contributed by atoms with Gasteiger partial charge in [-0.1, -0.05) is 4.85 Å². The van der Waals surface area contributed by atoms with Gasteiger partial charge in [0.15, 0.2) is 5.52 Å². The van der Waals surface area contributed by atoms with Gasteiger partial charge in [-0.25, -0.2) is 0 Å². The highest BCUT2D eigenvalue weighted by atomic mass is 16.5. The molecule has 0 aliphatic carbocycles. The molecule has 0 aliphatic rings. The molecular weight excluding hydrogens is 192 g/mol. The fourth-order valence-corrected chi connectivity index (χ4v) is 1.51. The minimum absolute atomic E-state index is 0.530. The third kappa shape index (κ3) is 1.63. The first-order valence-electron chi connectivity index (χ1n) is 4.75. The number of aromatic nitrogens is 2. The average Bonchev–Trinajstić information content (AvgIpc) is 2.22. The van der Waals surface area contributed by atoms with E-state index in [-0.39, 0.29) is 0 Å². The number of fused-ring (bicyclic) bond motifs is 1. The summed E-state index contributed by atoms with van der Waals surface area (Å²) in [7, 11) is 0. The highest BCUT2D eigenvalue weighted by Crippen LogP contribution is 2.24. The molecule has 0 bridgehead atoms. The first-order valence-corrected chi connectivity index (χ1v) is 4.75. The third-order valence-electron chi connectivity index (χ3n) is 2.19. The molecule has 15 heavy (non-hydrogen) atoms. The van der Waals surface area contributed by atoms with Crippen LogP contribution in [0, 0.1) is 5.21 Å². The fraction of sp³-hybridized carbons (Fsp3) is 0.200. The Morgan fingerprint density at radius 2 is 2.27 bits per heavy atom. The molecule has 0 radical (unpaired) electrons. The van der Waals surface area contributed by atoms with Crippen LogP contribution in [-0.2, 0) is 0 Å². The van der Waals surface area contributed by atoms with Crippen molar-refractivity contribution in [3.63, 3.8) is 0 Å². The van der Waals surface area contributed by atoms with Crippen molar-refractivity contribution in [3.8, 4) is 0 Å². The molecule has 5 heteroatoms. The zero-order chi connectivity index (χ0) is 10.8. The van der Waals surface area contributed by atoms with Crippen molar-refractivity contribution >= 4 is 22.3 Å². The fourth-order valence-electron chi connectivity index (χ4n) is 1.51. The second-order valence-corrected chi connectivity index (χ2v) is 3.21. The Bertz CT molecular complexity index is 498. The number of benzene rings is 1. The van der Waals surface area contributed by atoms with Crippen molar-refractivity contribution in [2.75, 3.05) is 17.6 Å². The van der Waals surface area contributed by atoms with E-state index in [1.54, 1.807) is 12.1 Å². The van der Waals surface area contributed by atoms with Gasteiger partial charge in [0.1, 0.15) is 0 Å². The Morgan fingerprint density at radius 3 is 3.00 bits per heavy atom. The van der Waals surface area contributed by atoms with Crippen molar-refractivity contribution < 1.29 is 4.85 Å². The van der Waals surface area contributed by atoms with E-state index >= 15 is 0 Å². The molecule has 0 atom stereocenters. The number of nitrogens with two attached hydrogens (primary N) is 1. The smallest absolute Gasteiger partial charge is 0.210 e. The maximum atomic E-state index is 11.1. The summed E-state index contributed by atoms with van der Waals surface area (Å²) in [5, 5.41) is 18.9. The molecular formula is C10H12N4O. The van der Waals surface area contributed by atoms with Gasteiger partial charge in [-0.05, 0) is 19.1 Å². The van der Waals surface area contributed by atoms with Crippen LogP contribution >= 0.6 is 0 Å². The summed E-state index contributed by atoms with van der Waals surface area (Å²) in [6.07, 6.45) is 1.34. The third-order valence-corrected chi connectivity index (χ3v) is 2.19. The van der Waals surface area contributed by atoms with E-state index in [2.05, 4.69) is 10.4 Å². The molecule has 78 valence electrons. The summed E-state index contributed by atoms with van der Waals surface area (Å²) in [4.78, 5) is 0.530. The van der Waals surface area contributed by atoms with Gasteiger partial charge in [0.2, 0.25) is 6.20 Å². The Kier molecular flexibility index (Phi) is 2.29. The van der Waals surface area contributed by atoms with E-state index in [1.165, 1.54) is 6.20 Å². The molecule has 1 aromatic carbocycles. The number of anilines is 2. The monoisotopic (exact) mass is 204 g/mol. The Labute approximate surface area is 87.1 Å². The van der Waals surface area contributed by atoms with Gasteiger partial charge in [-0.15, -0.1) is 0 Å². The van der Waals surface area contributed by atoms with Crippen LogP contribution < -0.4 is 15.9 Å². The van der Waals surface area contributed by atoms with Crippen molar-refractivity contribution in [1.29, 1.82) is 0 Å². The summed E-state index contributed by atoms with van der Waals surface area (Å²) in [5.74, 6) is 0. The molecule has 1 aromatic heterocycles. The molecule has 3 N–H and O–H groups in total. The van der Waals surface area contributed by atoms with Gasteiger partial charge in [0.05, 0.1) is 5.69 Å². The summed E-state index contributed by atoms with van der Waals surface area (Å²) in [5.41, 5.74) is 7.85. The second-order valence-electron chi connectivity index (χ2n) is 3.21. The molecule has 0 spiro atoms. The van der Waals surface area contributed by atoms with E-state index in [4.69, 9.17) is 5.73 Å². The molecule has 0 aliphatic heterocycles. The Morgan fingerprint density at radius 1 is 1.47 bits per heavy atom. The first-order chi connectivity index (χ1) is 7.22. The van der Waals surface area contributed by atoms with Crippen molar-refractivity contribution in [3.05, 3.63) is 29.6 Å². The lowest BCUT2D eigenvalue weighted by Gasteiger charge is -2.07. The first kappa shape index (κ1) is 9.51. The zero-order valence-electron chi connectivity index (χ0n) is 8.40. The van der Waals surface area contributed by atoms with E-state index in [0.29, 0.717) is 16.0 Å². The van der Waals surface area contributed by atoms with Crippen LogP contribution in [0.4, 0.5) is 11.4 Å². The molecule has 2 aromatic rings. The number of nitrogens with zero attached hydrogens (tertiary/aromatic N) is 2. The normalized spacial score (nSPS) is 10.5. The van der Waals surface area contributed by atoms with Crippen molar-refractivity contribution in [1.82, 2.24) is 5.10 Å². The second kappa shape index (κ2) is 3.61. The van der Waals surface area contributed by atoms with E-state index in [9.17, 15) is 5.21 Å². The van der Waals surface area contributed by atoms with Crippen LogP contribution in [0.3, 0.4) is 0 Å². The van der Waals surface area contributed by atoms with Crippen LogP contribution in [-0.4, -0.2) is 11.6 Å². The molecule has 0 saturated heterocycles. The Hall–Kier alpha value is -2.04. The minimum Gasteiger partial charge on any atom is -0.594 e. The SMILES string of the molecule is CCNc1ccc(N)c2cc[n+]([O-])nc12. The maximum absolute atomic E-state index is 11.1. The molecule has 0 unspecified atom stereocenters. The van der Waals surface area contributed by atoms with E-state index in [1.807, 2.05) is 13.0 Å². The number of nitrogen functional groups attached to an aromatic ring is 1. The summed E-state index contributed by atoms with van der Waals surface area (Å²) in [6, 6.07) is 5.30. The van der Waals surface area contributed by atoms with Gasteiger partial charge < -0.3 is 16.3 Å². The van der Waals surface area contributed by atoms with Crippen LogP contribution in [0.25, 0.3) is 10.9 Å². The lowest BCUT2D eigenvalue weighted by molar-refractivity contribution is -0.666. The predicted octanol–water partition coefficient (Wildman–Crippen LogP) is 0.882. The molecule has 1 heterocycles. The number of hydrogen-bond acceptors (Lipinski definition) is 4. The topological polar surface area (TPSA) is 77.9 Å². The van der Waals surface area contributed by atoms with Gasteiger partial charge in [0.25, 0.3) is 0 Å². The standard InChI is InChI=1S/C10H12N4O/c1-2-12-9-4-3-8(11)7-5-6-14(15)13-10(7)9/h3-6,12H,2,11H2,1H3. The van der Waals surface area contributed by atoms with E-state index in [0.717, 1.165) is 17.6 Å². The van der Waals surface area contributed by atoms with Crippen molar-refractivity contribution in [2.24, 2.45) is 0 Å². The van der Waals surface area contributed by atoms with E-state index < -0.39 is 0 Å². The minimum atomic E-state index is 0.530. The Balaban J connectivity index is 2.72. The highest BCUT2D eigenvalue weighted by molar-refractivity contribution is 5.97. The van der Waals surface area contributed by atoms with Gasteiger partial charge in [-0.3, -0.25) is 0 Å². The van der Waals surface area contributed by atoms with Crippen LogP contribution in [0.2, 0.25) is 0 Å². The number of hydrogen-bond donors (Lipinski definition) is 2. The summed E-state index contributed by atoms with van der Waals surface area (Å²) >= 11 is 0. The largest absolute Gasteiger partial charge is 0.594 e. The molecule has 2 rings (SSSR count). The lowest BCUT2D eigenvalue weighted by atomic mass is 10.1. The van der Waals surface area contributed by atoms with Crippen LogP contribution in [0.15, 0.2) is 24.4 Å². The zero-order valence-corrected chi connectivity index (χ0v) is 8.40. The quantitative estimate of drug-likeness (QED) is 0.432. The highest BCUT2D eigenvalue weighted by Gasteiger charge is 2.08. The van der Waals surface area contributed by atoms with Crippen LogP contribution in [0.5, 0.6) is 0 Å². The summed E-state index contributed by atoms with van der Waals surface area (Å²) in [6.45, 7) is 2.75. The molecule has 0 fully saturated rings. The van der Waals surface area contributed by atoms with Crippen molar-refractivity contribution in [2.45, 2.75) is 6.92 Å². The maximum Gasteiger partial charge on any atom is 0.210 e. The molecule has 0 amide bonds. The predicted molar refractivity (Wildman–Crippen MR) is 59.3 cm³/mol. The lowest BCUT2D eigenvalue weighted by Crippen LogP contribution is -2.30. The average molecular weight is 204 g/mol. The number of rotatable bonds is 2. The van der Waals surface area contributed by atoms with Gasteiger partial charge in [-0.2, -0.15) is 0 Å². The number of nitrogens with one attached hydrogen (secondary N) is 1. The van der Waals surface area contributed by atoms with Gasteiger partial charge >= 0.3 is 0 Å². The molecule has 5 nitrogen and oxygen atoms in total. The van der Waals surface area contributed by atoms with Crippen LogP contribution in [0.1, 0.15) is 6.92 Å². The summed E-state index contributed by atoms with van der Waals surface area (Å²) < 4.78 is 0. The molecule has 0 saturated carbocycles.